The Balaban J connectivity index is 1.41. The molecule has 2 amide bonds. The van der Waals surface area contributed by atoms with Gasteiger partial charge in [-0.2, -0.15) is 4.98 Å². The van der Waals surface area contributed by atoms with E-state index in [9.17, 15) is 18.8 Å². The minimum atomic E-state index is -1.12. The van der Waals surface area contributed by atoms with E-state index in [0.717, 1.165) is 4.90 Å². The van der Waals surface area contributed by atoms with Gasteiger partial charge in [-0.05, 0) is 43.3 Å². The van der Waals surface area contributed by atoms with Crippen molar-refractivity contribution in [2.75, 3.05) is 0 Å². The highest BCUT2D eigenvalue weighted by atomic mass is 19.1. The van der Waals surface area contributed by atoms with E-state index in [1.165, 1.54) is 43.3 Å². The number of nitrogens with zero attached hydrogens (tertiary/aromatic N) is 3. The highest BCUT2D eigenvalue weighted by Crippen LogP contribution is 2.25. The topological polar surface area (TPSA) is 103 Å². The van der Waals surface area contributed by atoms with Gasteiger partial charge in [-0.15, -0.1) is 0 Å². The van der Waals surface area contributed by atoms with Crippen LogP contribution in [0.15, 0.2) is 53.1 Å². The van der Waals surface area contributed by atoms with Crippen molar-refractivity contribution in [1.29, 1.82) is 0 Å². The molecule has 8 nitrogen and oxygen atoms in total. The van der Waals surface area contributed by atoms with Crippen molar-refractivity contribution in [1.82, 2.24) is 15.0 Å². The zero-order valence-electron chi connectivity index (χ0n) is 15.2. The van der Waals surface area contributed by atoms with Crippen LogP contribution < -0.4 is 0 Å². The molecule has 0 aliphatic carbocycles. The zero-order valence-corrected chi connectivity index (χ0v) is 15.2. The molecule has 1 atom stereocenters. The number of carbonyl (C=O) groups is 3. The summed E-state index contributed by atoms with van der Waals surface area (Å²) in [5.74, 6) is -2.05. The lowest BCUT2D eigenvalue weighted by atomic mass is 10.1. The third-order valence-corrected chi connectivity index (χ3v) is 4.46. The van der Waals surface area contributed by atoms with Gasteiger partial charge in [-0.3, -0.25) is 14.5 Å². The van der Waals surface area contributed by atoms with Crippen LogP contribution in [0.4, 0.5) is 4.39 Å². The fourth-order valence-electron chi connectivity index (χ4n) is 2.95. The van der Waals surface area contributed by atoms with E-state index < -0.39 is 29.6 Å². The Bertz CT molecular complexity index is 1070. The van der Waals surface area contributed by atoms with Gasteiger partial charge in [0.1, 0.15) is 11.9 Å². The summed E-state index contributed by atoms with van der Waals surface area (Å²) in [6.07, 6.45) is 0. The molecule has 0 N–H and O–H groups in total. The van der Waals surface area contributed by atoms with Crippen molar-refractivity contribution in [2.24, 2.45) is 0 Å². The molecule has 2 aromatic carbocycles. The SMILES string of the molecule is C[C@H](C(=O)OCc1nc(-c2ccc(F)cc2)no1)N1C(=O)c2ccccc2C1=O. The molecule has 0 spiro atoms. The van der Waals surface area contributed by atoms with Gasteiger partial charge in [-0.25, -0.2) is 9.18 Å². The van der Waals surface area contributed by atoms with Gasteiger partial charge in [-0.1, -0.05) is 17.3 Å². The Hall–Kier alpha value is -3.88. The van der Waals surface area contributed by atoms with Gasteiger partial charge < -0.3 is 9.26 Å². The molecule has 0 radical (unpaired) electrons. The summed E-state index contributed by atoms with van der Waals surface area (Å²) in [5, 5.41) is 3.75. The lowest BCUT2D eigenvalue weighted by Gasteiger charge is -2.20. The van der Waals surface area contributed by atoms with Crippen LogP contribution in [0, 0.1) is 5.82 Å². The van der Waals surface area contributed by atoms with Crippen molar-refractivity contribution < 1.29 is 28.0 Å². The Labute approximate surface area is 163 Å². The highest BCUT2D eigenvalue weighted by molar-refractivity contribution is 6.22. The minimum absolute atomic E-state index is 0.0206. The molecule has 0 bridgehead atoms. The summed E-state index contributed by atoms with van der Waals surface area (Å²) in [6.45, 7) is 1.07. The largest absolute Gasteiger partial charge is 0.454 e. The van der Waals surface area contributed by atoms with Crippen molar-refractivity contribution in [3.05, 3.63) is 71.4 Å². The summed E-state index contributed by atoms with van der Waals surface area (Å²) in [7, 11) is 0. The molecule has 0 saturated heterocycles. The van der Waals surface area contributed by atoms with Crippen LogP contribution in [0.5, 0.6) is 0 Å². The molecule has 146 valence electrons. The van der Waals surface area contributed by atoms with E-state index in [1.54, 1.807) is 12.1 Å². The van der Waals surface area contributed by atoms with E-state index >= 15 is 0 Å². The number of amides is 2. The smallest absolute Gasteiger partial charge is 0.329 e. The van der Waals surface area contributed by atoms with Crippen molar-refractivity contribution >= 4 is 17.8 Å². The lowest BCUT2D eigenvalue weighted by Crippen LogP contribution is -2.43. The van der Waals surface area contributed by atoms with Crippen LogP contribution in [0.2, 0.25) is 0 Å². The Kier molecular flexibility index (Phi) is 4.63. The fourth-order valence-corrected chi connectivity index (χ4v) is 2.95. The van der Waals surface area contributed by atoms with Crippen LogP contribution >= 0.6 is 0 Å². The minimum Gasteiger partial charge on any atom is -0.454 e. The summed E-state index contributed by atoms with van der Waals surface area (Å²) in [6, 6.07) is 10.7. The molecule has 0 fully saturated rings. The van der Waals surface area contributed by atoms with Gasteiger partial charge in [0.15, 0.2) is 6.61 Å². The normalized spacial score (nSPS) is 14.1. The predicted octanol–water partition coefficient (Wildman–Crippen LogP) is 2.60. The molecule has 0 unspecified atom stereocenters. The van der Waals surface area contributed by atoms with Crippen LogP contribution in [0.3, 0.4) is 0 Å². The van der Waals surface area contributed by atoms with Gasteiger partial charge >= 0.3 is 5.97 Å². The van der Waals surface area contributed by atoms with Crippen molar-refractivity contribution in [3.8, 4) is 11.4 Å². The second kappa shape index (κ2) is 7.27. The molecule has 3 aromatic rings. The third-order valence-electron chi connectivity index (χ3n) is 4.46. The van der Waals surface area contributed by atoms with Crippen molar-refractivity contribution in [3.63, 3.8) is 0 Å². The number of carbonyl (C=O) groups excluding carboxylic acids is 3. The monoisotopic (exact) mass is 395 g/mol. The van der Waals surface area contributed by atoms with Crippen LogP contribution in [-0.2, 0) is 16.1 Å². The summed E-state index contributed by atoms with van der Waals surface area (Å²) < 4.78 is 23.1. The molecule has 29 heavy (non-hydrogen) atoms. The molecule has 9 heteroatoms. The second-order valence-corrected chi connectivity index (χ2v) is 6.33. The molecule has 2 heterocycles. The van der Waals surface area contributed by atoms with Crippen molar-refractivity contribution in [2.45, 2.75) is 19.6 Å². The molecule has 0 saturated carbocycles. The average Bonchev–Trinajstić information content (AvgIpc) is 3.30. The maximum atomic E-state index is 13.0. The average molecular weight is 395 g/mol. The number of benzene rings is 2. The second-order valence-electron chi connectivity index (χ2n) is 6.33. The van der Waals surface area contributed by atoms with E-state index in [1.807, 2.05) is 0 Å². The van der Waals surface area contributed by atoms with Gasteiger partial charge in [0.05, 0.1) is 11.1 Å². The number of esters is 1. The lowest BCUT2D eigenvalue weighted by molar-refractivity contribution is -0.149. The maximum absolute atomic E-state index is 13.0. The number of ether oxygens (including phenoxy) is 1. The summed E-state index contributed by atoms with van der Waals surface area (Å²) >= 11 is 0. The van der Waals surface area contributed by atoms with Crippen LogP contribution in [0.25, 0.3) is 11.4 Å². The number of aromatic nitrogens is 2. The molecule has 1 aliphatic rings. The first-order chi connectivity index (χ1) is 14.0. The molecule has 4 rings (SSSR count). The van der Waals surface area contributed by atoms with Gasteiger partial charge in [0.25, 0.3) is 17.7 Å². The van der Waals surface area contributed by atoms with E-state index in [4.69, 9.17) is 9.26 Å². The third kappa shape index (κ3) is 3.38. The Morgan fingerprint density at radius 2 is 1.72 bits per heavy atom. The highest BCUT2D eigenvalue weighted by Gasteiger charge is 2.41. The first kappa shape index (κ1) is 18.5. The summed E-state index contributed by atoms with van der Waals surface area (Å²) in [4.78, 5) is 42.2. The number of fused-ring (bicyclic) bond motifs is 1. The van der Waals surface area contributed by atoms with Gasteiger partial charge in [0, 0.05) is 5.56 Å². The molecular formula is C20H14FN3O5. The van der Waals surface area contributed by atoms with Crippen LogP contribution in [-0.4, -0.2) is 38.9 Å². The zero-order chi connectivity index (χ0) is 20.5. The molecular weight excluding hydrogens is 381 g/mol. The predicted molar refractivity (Wildman–Crippen MR) is 95.9 cm³/mol. The number of rotatable bonds is 5. The number of imide groups is 1. The van der Waals surface area contributed by atoms with E-state index in [0.29, 0.717) is 5.56 Å². The van der Waals surface area contributed by atoms with E-state index in [-0.39, 0.29) is 29.4 Å². The number of halogens is 1. The van der Waals surface area contributed by atoms with E-state index in [2.05, 4.69) is 10.1 Å². The standard InChI is InChI=1S/C20H14FN3O5/c1-11(24-18(25)14-4-2-3-5-15(14)19(24)26)20(27)28-10-16-22-17(23-29-16)12-6-8-13(21)9-7-12/h2-9,11H,10H2,1H3/t11-/m1/s1. The van der Waals surface area contributed by atoms with Crippen LogP contribution in [0.1, 0.15) is 33.5 Å². The van der Waals surface area contributed by atoms with Gasteiger partial charge in [0.2, 0.25) is 5.82 Å². The maximum Gasteiger partial charge on any atom is 0.329 e. The Morgan fingerprint density at radius 1 is 1.10 bits per heavy atom. The molecule has 1 aliphatic heterocycles. The molecule has 1 aromatic heterocycles. The fraction of sp³-hybridized carbons (Fsp3) is 0.150. The first-order valence-electron chi connectivity index (χ1n) is 8.68. The first-order valence-corrected chi connectivity index (χ1v) is 8.68. The number of hydrogen-bond acceptors (Lipinski definition) is 7. The Morgan fingerprint density at radius 3 is 2.34 bits per heavy atom. The number of hydrogen-bond donors (Lipinski definition) is 0. The quantitative estimate of drug-likeness (QED) is 0.483. The summed E-state index contributed by atoms with van der Waals surface area (Å²) in [5.41, 5.74) is 1.03.